The van der Waals surface area contributed by atoms with Crippen molar-refractivity contribution >= 4 is 0 Å². The average Bonchev–Trinajstić information content (AvgIpc) is 3.00. The van der Waals surface area contributed by atoms with Crippen molar-refractivity contribution < 1.29 is 14.9 Å². The number of aliphatic hydroxyl groups is 2. The van der Waals surface area contributed by atoms with E-state index in [1.54, 1.807) is 0 Å². The molecule has 0 bridgehead atoms. The number of fused-ring (bicyclic) bond motifs is 5. The van der Waals surface area contributed by atoms with Crippen molar-refractivity contribution in [2.24, 2.45) is 40.4 Å². The highest BCUT2D eigenvalue weighted by Crippen LogP contribution is 2.66. The monoisotopic (exact) mass is 404 g/mol. The van der Waals surface area contributed by atoms with Crippen LogP contribution in [0.5, 0.6) is 0 Å². The molecule has 166 valence electrons. The van der Waals surface area contributed by atoms with Crippen molar-refractivity contribution in [3.05, 3.63) is 11.6 Å². The summed E-state index contributed by atoms with van der Waals surface area (Å²) in [5, 5.41) is 21.2. The van der Waals surface area contributed by atoms with Crippen molar-refractivity contribution in [2.45, 2.75) is 104 Å². The van der Waals surface area contributed by atoms with Crippen LogP contribution in [-0.4, -0.2) is 35.1 Å². The highest BCUT2D eigenvalue weighted by Gasteiger charge is 2.61. The molecule has 3 heteroatoms. The van der Waals surface area contributed by atoms with Crippen molar-refractivity contribution in [3.63, 3.8) is 0 Å². The summed E-state index contributed by atoms with van der Waals surface area (Å²) in [5.41, 5.74) is 1.59. The highest BCUT2D eigenvalue weighted by molar-refractivity contribution is 5.27. The van der Waals surface area contributed by atoms with Gasteiger partial charge in [-0.2, -0.15) is 0 Å². The molecule has 0 amide bonds. The third-order valence-corrected chi connectivity index (χ3v) is 9.89. The number of hydrogen-bond acceptors (Lipinski definition) is 3. The Hall–Kier alpha value is -0.380. The number of ether oxygens (including phenoxy) is 1. The number of aliphatic hydroxyl groups excluding tert-OH is 2. The second-order valence-electron chi connectivity index (χ2n) is 11.7. The van der Waals surface area contributed by atoms with Crippen LogP contribution in [0.1, 0.15) is 86.0 Å². The predicted octanol–water partition coefficient (Wildman–Crippen LogP) is 5.35. The minimum absolute atomic E-state index is 0.124. The van der Waals surface area contributed by atoms with Gasteiger partial charge in [0.05, 0.1) is 18.3 Å². The van der Waals surface area contributed by atoms with E-state index in [0.717, 1.165) is 31.8 Å². The van der Waals surface area contributed by atoms with Gasteiger partial charge in [-0.05, 0) is 86.9 Å². The van der Waals surface area contributed by atoms with Gasteiger partial charge < -0.3 is 14.9 Å². The zero-order chi connectivity index (χ0) is 21.0. The van der Waals surface area contributed by atoms with Gasteiger partial charge in [0.25, 0.3) is 0 Å². The summed E-state index contributed by atoms with van der Waals surface area (Å²) >= 11 is 0. The molecule has 1 unspecified atom stereocenters. The molecule has 3 fully saturated rings. The molecule has 2 N–H and O–H groups in total. The maximum absolute atomic E-state index is 11.0. The quantitative estimate of drug-likeness (QED) is 0.607. The molecule has 0 aromatic rings. The Morgan fingerprint density at radius 1 is 1.10 bits per heavy atom. The first-order valence-electron chi connectivity index (χ1n) is 12.3. The first-order chi connectivity index (χ1) is 13.7. The molecule has 4 aliphatic rings. The Balaban J connectivity index is 1.52. The summed E-state index contributed by atoms with van der Waals surface area (Å²) in [4.78, 5) is 0. The summed E-state index contributed by atoms with van der Waals surface area (Å²) in [7, 11) is 0. The zero-order valence-corrected chi connectivity index (χ0v) is 19.4. The minimum Gasteiger partial charge on any atom is -0.393 e. The minimum atomic E-state index is -0.398. The molecule has 0 aromatic carbocycles. The van der Waals surface area contributed by atoms with Gasteiger partial charge in [-0.15, -0.1) is 0 Å². The largest absolute Gasteiger partial charge is 0.393 e. The van der Waals surface area contributed by atoms with Gasteiger partial charge in [0.1, 0.15) is 0 Å². The topological polar surface area (TPSA) is 49.7 Å². The standard InChI is InChI=1S/C26H44O3/c1-16(2)11-13-29-17(3)21-8-9-22-20-7-6-18-14-19(27)15-24(28)26(18,5)23(20)10-12-25(21,22)4/h6,16-17,19-24,27-28H,7-15H2,1-5H3/t17?,19-,20+,21-,22+,23+,24+,25-,26+/m1/s1. The third kappa shape index (κ3) is 3.53. The van der Waals surface area contributed by atoms with Crippen LogP contribution in [0.15, 0.2) is 11.6 Å². The lowest BCUT2D eigenvalue weighted by atomic mass is 9.46. The number of allylic oxidation sites excluding steroid dienone is 1. The second-order valence-corrected chi connectivity index (χ2v) is 11.7. The molecule has 9 atom stereocenters. The van der Waals surface area contributed by atoms with Crippen LogP contribution < -0.4 is 0 Å². The summed E-state index contributed by atoms with van der Waals surface area (Å²) < 4.78 is 6.34. The van der Waals surface area contributed by atoms with Crippen LogP contribution in [-0.2, 0) is 4.74 Å². The van der Waals surface area contributed by atoms with E-state index in [1.807, 2.05) is 0 Å². The molecule has 3 saturated carbocycles. The van der Waals surface area contributed by atoms with Crippen molar-refractivity contribution in [3.8, 4) is 0 Å². The SMILES string of the molecule is CC(C)CCOC(C)[C@H]1CC[C@H]2[C@@H]3CC=C4C[C@@H](O)C[C@H](O)[C@]4(C)[C@H]3CC[C@]12C. The van der Waals surface area contributed by atoms with Gasteiger partial charge in [0, 0.05) is 18.4 Å². The second kappa shape index (κ2) is 7.95. The first-order valence-corrected chi connectivity index (χ1v) is 12.3. The van der Waals surface area contributed by atoms with Gasteiger partial charge in [0.15, 0.2) is 0 Å². The molecule has 0 radical (unpaired) electrons. The predicted molar refractivity (Wildman–Crippen MR) is 117 cm³/mol. The van der Waals surface area contributed by atoms with Gasteiger partial charge in [-0.25, -0.2) is 0 Å². The van der Waals surface area contributed by atoms with Gasteiger partial charge in [-0.3, -0.25) is 0 Å². The summed E-state index contributed by atoms with van der Waals surface area (Å²) in [5.74, 6) is 3.36. The molecular weight excluding hydrogens is 360 g/mol. The lowest BCUT2D eigenvalue weighted by Gasteiger charge is -2.59. The van der Waals surface area contributed by atoms with Crippen LogP contribution in [0.4, 0.5) is 0 Å². The molecule has 4 rings (SSSR count). The number of hydrogen-bond donors (Lipinski definition) is 2. The van der Waals surface area contributed by atoms with E-state index in [9.17, 15) is 10.2 Å². The van der Waals surface area contributed by atoms with E-state index in [2.05, 4.69) is 40.7 Å². The molecule has 0 aromatic heterocycles. The summed E-state index contributed by atoms with van der Waals surface area (Å²) in [6.45, 7) is 12.6. The molecule has 3 nitrogen and oxygen atoms in total. The summed E-state index contributed by atoms with van der Waals surface area (Å²) in [6.07, 6.45) is 10.7. The summed E-state index contributed by atoms with van der Waals surface area (Å²) in [6, 6.07) is 0. The molecule has 0 aliphatic heterocycles. The molecule has 29 heavy (non-hydrogen) atoms. The fourth-order valence-corrected chi connectivity index (χ4v) is 8.12. The molecule has 0 spiro atoms. The van der Waals surface area contributed by atoms with E-state index in [1.165, 1.54) is 31.3 Å². The van der Waals surface area contributed by atoms with Crippen molar-refractivity contribution in [1.82, 2.24) is 0 Å². The van der Waals surface area contributed by atoms with Crippen LogP contribution >= 0.6 is 0 Å². The third-order valence-electron chi connectivity index (χ3n) is 9.89. The van der Waals surface area contributed by atoms with Gasteiger partial charge in [-0.1, -0.05) is 39.3 Å². The highest BCUT2D eigenvalue weighted by atomic mass is 16.5. The van der Waals surface area contributed by atoms with Gasteiger partial charge >= 0.3 is 0 Å². The smallest absolute Gasteiger partial charge is 0.0658 e. The van der Waals surface area contributed by atoms with Crippen LogP contribution in [0, 0.1) is 40.4 Å². The Kier molecular flexibility index (Phi) is 5.99. The van der Waals surface area contributed by atoms with Crippen LogP contribution in [0.2, 0.25) is 0 Å². The lowest BCUT2D eigenvalue weighted by molar-refractivity contribution is -0.116. The Labute approximate surface area is 178 Å². The van der Waals surface area contributed by atoms with Crippen molar-refractivity contribution in [1.29, 1.82) is 0 Å². The fraction of sp³-hybridized carbons (Fsp3) is 0.923. The van der Waals surface area contributed by atoms with E-state index in [-0.39, 0.29) is 11.5 Å². The Morgan fingerprint density at radius 3 is 2.59 bits per heavy atom. The lowest BCUT2D eigenvalue weighted by Crippen LogP contribution is -2.56. The average molecular weight is 405 g/mol. The normalized spacial score (nSPS) is 47.9. The van der Waals surface area contributed by atoms with E-state index in [4.69, 9.17) is 4.74 Å². The maximum atomic E-state index is 11.0. The van der Waals surface area contributed by atoms with E-state index >= 15 is 0 Å². The van der Waals surface area contributed by atoms with Crippen LogP contribution in [0.3, 0.4) is 0 Å². The van der Waals surface area contributed by atoms with E-state index < -0.39 is 6.10 Å². The van der Waals surface area contributed by atoms with E-state index in [0.29, 0.717) is 41.6 Å². The maximum Gasteiger partial charge on any atom is 0.0658 e. The molecule has 0 heterocycles. The zero-order valence-electron chi connectivity index (χ0n) is 19.4. The first kappa shape index (κ1) is 21.8. The molecule has 4 aliphatic carbocycles. The molecular formula is C26H44O3. The fourth-order valence-electron chi connectivity index (χ4n) is 8.12. The molecule has 0 saturated heterocycles. The Bertz CT molecular complexity index is 627. The van der Waals surface area contributed by atoms with Crippen LogP contribution in [0.25, 0.3) is 0 Å². The van der Waals surface area contributed by atoms with Crippen molar-refractivity contribution in [2.75, 3.05) is 6.61 Å². The van der Waals surface area contributed by atoms with Gasteiger partial charge in [0.2, 0.25) is 0 Å². The Morgan fingerprint density at radius 2 is 1.86 bits per heavy atom. The number of rotatable bonds is 5.